The van der Waals surface area contributed by atoms with Crippen LogP contribution in [0.5, 0.6) is 0 Å². The van der Waals surface area contributed by atoms with E-state index in [1.807, 2.05) is 0 Å². The molecule has 2 aliphatic carbocycles. The summed E-state index contributed by atoms with van der Waals surface area (Å²) in [5.74, 6) is 0. The third-order valence-corrected chi connectivity index (χ3v) is 3.85. The number of anilines is 1. The summed E-state index contributed by atoms with van der Waals surface area (Å²) in [5, 5.41) is 0. The van der Waals surface area contributed by atoms with Gasteiger partial charge in [0.1, 0.15) is 0 Å². The van der Waals surface area contributed by atoms with Crippen molar-refractivity contribution in [3.63, 3.8) is 0 Å². The van der Waals surface area contributed by atoms with Crippen LogP contribution in [0.2, 0.25) is 0 Å². The molecule has 0 amide bonds. The SMILES string of the molecule is COC1CCc2cc3c(c(N)c21)CCC3. The summed E-state index contributed by atoms with van der Waals surface area (Å²) < 4.78 is 5.50. The molecule has 1 aromatic rings. The van der Waals surface area contributed by atoms with E-state index >= 15 is 0 Å². The Balaban J connectivity index is 2.18. The van der Waals surface area contributed by atoms with Crippen LogP contribution in [0.4, 0.5) is 5.69 Å². The summed E-state index contributed by atoms with van der Waals surface area (Å²) in [6.07, 6.45) is 6.10. The third-order valence-electron chi connectivity index (χ3n) is 3.85. The van der Waals surface area contributed by atoms with Crippen molar-refractivity contribution in [3.8, 4) is 0 Å². The van der Waals surface area contributed by atoms with Crippen molar-refractivity contribution in [1.82, 2.24) is 0 Å². The normalized spacial score (nSPS) is 22.9. The van der Waals surface area contributed by atoms with Crippen molar-refractivity contribution in [1.29, 1.82) is 0 Å². The van der Waals surface area contributed by atoms with Gasteiger partial charge in [-0.1, -0.05) is 6.07 Å². The molecule has 0 aliphatic heterocycles. The predicted octanol–water partition coefficient (Wildman–Crippen LogP) is 2.39. The summed E-state index contributed by atoms with van der Waals surface area (Å²) in [6.45, 7) is 0. The molecule has 2 heteroatoms. The minimum atomic E-state index is 0.242. The Morgan fingerprint density at radius 2 is 2.13 bits per heavy atom. The van der Waals surface area contributed by atoms with E-state index in [0.29, 0.717) is 0 Å². The molecule has 1 atom stereocenters. The van der Waals surface area contributed by atoms with Gasteiger partial charge in [0.25, 0.3) is 0 Å². The lowest BCUT2D eigenvalue weighted by molar-refractivity contribution is 0.105. The smallest absolute Gasteiger partial charge is 0.0847 e. The number of benzene rings is 1. The van der Waals surface area contributed by atoms with Gasteiger partial charge in [0.15, 0.2) is 0 Å². The average Bonchev–Trinajstić information content (AvgIpc) is 2.83. The van der Waals surface area contributed by atoms with Crippen LogP contribution in [0.15, 0.2) is 6.07 Å². The van der Waals surface area contributed by atoms with E-state index < -0.39 is 0 Å². The zero-order valence-electron chi connectivity index (χ0n) is 9.18. The second-order valence-corrected chi connectivity index (χ2v) is 4.62. The van der Waals surface area contributed by atoms with Gasteiger partial charge >= 0.3 is 0 Å². The molecule has 3 rings (SSSR count). The second-order valence-electron chi connectivity index (χ2n) is 4.62. The van der Waals surface area contributed by atoms with Crippen LogP contribution in [-0.4, -0.2) is 7.11 Å². The standard InChI is InChI=1S/C13H17NO/c1-15-11-6-5-9-7-8-3-2-4-10(8)13(14)12(9)11/h7,11H,2-6,14H2,1H3. The van der Waals surface area contributed by atoms with Crippen molar-refractivity contribution < 1.29 is 4.74 Å². The monoisotopic (exact) mass is 203 g/mol. The largest absolute Gasteiger partial charge is 0.398 e. The quantitative estimate of drug-likeness (QED) is 0.711. The van der Waals surface area contributed by atoms with Crippen LogP contribution in [0.1, 0.15) is 41.2 Å². The Kier molecular flexibility index (Phi) is 1.99. The van der Waals surface area contributed by atoms with E-state index in [1.54, 1.807) is 7.11 Å². The number of aryl methyl sites for hydroxylation is 2. The highest BCUT2D eigenvalue weighted by Gasteiger charge is 2.28. The molecular formula is C13H17NO. The van der Waals surface area contributed by atoms with Crippen LogP contribution >= 0.6 is 0 Å². The maximum Gasteiger partial charge on any atom is 0.0847 e. The fourth-order valence-electron chi connectivity index (χ4n) is 3.11. The number of hydrogen-bond acceptors (Lipinski definition) is 2. The Hall–Kier alpha value is -1.02. The molecule has 0 saturated carbocycles. The lowest BCUT2D eigenvalue weighted by Crippen LogP contribution is -2.04. The van der Waals surface area contributed by atoms with Crippen LogP contribution in [0, 0.1) is 0 Å². The Morgan fingerprint density at radius 3 is 2.93 bits per heavy atom. The molecule has 2 nitrogen and oxygen atoms in total. The van der Waals surface area contributed by atoms with E-state index in [1.165, 1.54) is 35.1 Å². The highest BCUT2D eigenvalue weighted by molar-refractivity contribution is 5.64. The molecule has 0 heterocycles. The molecular weight excluding hydrogens is 186 g/mol. The molecule has 80 valence electrons. The molecule has 0 bridgehead atoms. The van der Waals surface area contributed by atoms with Crippen molar-refractivity contribution in [2.45, 2.75) is 38.2 Å². The third kappa shape index (κ3) is 1.21. The zero-order chi connectivity index (χ0) is 10.4. The van der Waals surface area contributed by atoms with Gasteiger partial charge in [-0.3, -0.25) is 0 Å². The van der Waals surface area contributed by atoms with Gasteiger partial charge < -0.3 is 10.5 Å². The van der Waals surface area contributed by atoms with Gasteiger partial charge in [-0.2, -0.15) is 0 Å². The number of methoxy groups -OCH3 is 1. The predicted molar refractivity (Wildman–Crippen MR) is 61.0 cm³/mol. The fourth-order valence-corrected chi connectivity index (χ4v) is 3.11. The molecule has 0 spiro atoms. The van der Waals surface area contributed by atoms with Crippen LogP contribution in [0.3, 0.4) is 0 Å². The molecule has 0 aromatic heterocycles. The van der Waals surface area contributed by atoms with Gasteiger partial charge in [0.2, 0.25) is 0 Å². The number of nitrogens with two attached hydrogens (primary N) is 1. The Bertz CT molecular complexity index is 411. The van der Waals surface area contributed by atoms with Gasteiger partial charge in [-0.05, 0) is 48.8 Å². The highest BCUT2D eigenvalue weighted by atomic mass is 16.5. The first-order chi connectivity index (χ1) is 7.31. The summed E-state index contributed by atoms with van der Waals surface area (Å²) in [7, 11) is 1.78. The zero-order valence-corrected chi connectivity index (χ0v) is 9.18. The van der Waals surface area contributed by atoms with Crippen molar-refractivity contribution >= 4 is 5.69 Å². The van der Waals surface area contributed by atoms with E-state index in [-0.39, 0.29) is 6.10 Å². The minimum Gasteiger partial charge on any atom is -0.398 e. The van der Waals surface area contributed by atoms with Gasteiger partial charge in [0.05, 0.1) is 6.10 Å². The lowest BCUT2D eigenvalue weighted by atomic mass is 9.98. The number of fused-ring (bicyclic) bond motifs is 2. The Morgan fingerprint density at radius 1 is 1.27 bits per heavy atom. The second kappa shape index (κ2) is 3.24. The van der Waals surface area contributed by atoms with Gasteiger partial charge in [-0.15, -0.1) is 0 Å². The van der Waals surface area contributed by atoms with E-state index in [4.69, 9.17) is 10.5 Å². The van der Waals surface area contributed by atoms with Crippen LogP contribution in [0.25, 0.3) is 0 Å². The first-order valence-electron chi connectivity index (χ1n) is 5.77. The van der Waals surface area contributed by atoms with E-state index in [2.05, 4.69) is 6.07 Å². The lowest BCUT2D eigenvalue weighted by Gasteiger charge is -2.15. The molecule has 15 heavy (non-hydrogen) atoms. The molecule has 0 fully saturated rings. The average molecular weight is 203 g/mol. The van der Waals surface area contributed by atoms with Gasteiger partial charge in [0, 0.05) is 18.4 Å². The number of rotatable bonds is 1. The topological polar surface area (TPSA) is 35.2 Å². The molecule has 0 saturated heterocycles. The van der Waals surface area contributed by atoms with E-state index in [0.717, 1.165) is 24.9 Å². The van der Waals surface area contributed by atoms with Crippen LogP contribution < -0.4 is 5.73 Å². The number of ether oxygens (including phenoxy) is 1. The molecule has 1 aromatic carbocycles. The number of hydrogen-bond donors (Lipinski definition) is 1. The summed E-state index contributed by atoms with van der Waals surface area (Å²) >= 11 is 0. The van der Waals surface area contributed by atoms with Crippen LogP contribution in [-0.2, 0) is 24.0 Å². The molecule has 2 N–H and O–H groups in total. The first-order valence-corrected chi connectivity index (χ1v) is 5.77. The van der Waals surface area contributed by atoms with Crippen molar-refractivity contribution in [2.24, 2.45) is 0 Å². The molecule has 1 unspecified atom stereocenters. The maximum atomic E-state index is 6.27. The number of nitrogen functional groups attached to an aromatic ring is 1. The first kappa shape index (κ1) is 9.22. The maximum absolute atomic E-state index is 6.27. The minimum absolute atomic E-state index is 0.242. The summed E-state index contributed by atoms with van der Waals surface area (Å²) in [4.78, 5) is 0. The summed E-state index contributed by atoms with van der Waals surface area (Å²) in [5.41, 5.74) is 12.9. The van der Waals surface area contributed by atoms with Gasteiger partial charge in [-0.25, -0.2) is 0 Å². The molecule has 0 radical (unpaired) electrons. The summed E-state index contributed by atoms with van der Waals surface area (Å²) in [6, 6.07) is 2.37. The van der Waals surface area contributed by atoms with Crippen molar-refractivity contribution in [3.05, 3.63) is 28.3 Å². The van der Waals surface area contributed by atoms with E-state index in [9.17, 15) is 0 Å². The van der Waals surface area contributed by atoms with Crippen molar-refractivity contribution in [2.75, 3.05) is 12.8 Å². The fraction of sp³-hybridized carbons (Fsp3) is 0.538. The Labute approximate surface area is 90.4 Å². The molecule has 2 aliphatic rings. The highest BCUT2D eigenvalue weighted by Crippen LogP contribution is 2.42.